The van der Waals surface area contributed by atoms with Crippen LogP contribution in [0.1, 0.15) is 78.2 Å². The number of hydrogen-bond donors (Lipinski definition) is 1. The molecule has 2 aromatic rings. The number of anilines is 1. The number of non-ortho nitro benzene ring substituents is 1. The topological polar surface area (TPSA) is 90.7 Å². The molecule has 1 N–H and O–H groups in total. The molecule has 2 aromatic carbocycles. The summed E-state index contributed by atoms with van der Waals surface area (Å²) < 4.78 is 27.4. The first kappa shape index (κ1) is 28.0. The van der Waals surface area contributed by atoms with E-state index in [1.807, 2.05) is 58.0 Å². The molecule has 7 nitrogen and oxygen atoms in total. The Bertz CT molecular complexity index is 897. The van der Waals surface area contributed by atoms with Gasteiger partial charge in [-0.15, -0.1) is 0 Å². The molecule has 188 valence electrons. The van der Waals surface area contributed by atoms with E-state index in [1.54, 1.807) is 12.1 Å². The second-order valence-electron chi connectivity index (χ2n) is 8.45. The summed E-state index contributed by atoms with van der Waals surface area (Å²) in [5.74, 6) is -0.825. The first-order valence-electron chi connectivity index (χ1n) is 12.3. The average molecular weight is 491 g/mol. The van der Waals surface area contributed by atoms with Gasteiger partial charge >= 0.3 is 7.60 Å². The lowest BCUT2D eigenvalue weighted by Gasteiger charge is -2.37. The molecule has 8 heteroatoms. The van der Waals surface area contributed by atoms with Gasteiger partial charge in [0.25, 0.3) is 5.69 Å². The van der Waals surface area contributed by atoms with Gasteiger partial charge in [0.05, 0.1) is 17.1 Å². The lowest BCUT2D eigenvalue weighted by atomic mass is 9.96. The largest absolute Gasteiger partial charge is 0.371 e. The van der Waals surface area contributed by atoms with Crippen LogP contribution in [0, 0.1) is 10.1 Å². The Hall–Kier alpha value is -2.21. The molecule has 0 radical (unpaired) electrons. The van der Waals surface area contributed by atoms with Crippen molar-refractivity contribution in [3.8, 4) is 0 Å². The Morgan fingerprint density at radius 2 is 1.32 bits per heavy atom. The summed E-state index contributed by atoms with van der Waals surface area (Å²) in [5, 5.41) is 14.5. The number of rotatable bonds is 15. The maximum atomic E-state index is 14.7. The van der Waals surface area contributed by atoms with Crippen molar-refractivity contribution < 1.29 is 18.5 Å². The van der Waals surface area contributed by atoms with Crippen LogP contribution in [0.25, 0.3) is 0 Å². The maximum absolute atomic E-state index is 14.7. The van der Waals surface area contributed by atoms with Gasteiger partial charge in [0.1, 0.15) is 5.78 Å². The highest BCUT2D eigenvalue weighted by atomic mass is 31.2. The monoisotopic (exact) mass is 490 g/mol. The van der Waals surface area contributed by atoms with Crippen molar-refractivity contribution in [2.45, 2.75) is 90.6 Å². The van der Waals surface area contributed by atoms with Crippen molar-refractivity contribution in [1.29, 1.82) is 0 Å². The van der Waals surface area contributed by atoms with Gasteiger partial charge in [-0.3, -0.25) is 14.7 Å². The van der Waals surface area contributed by atoms with Crippen molar-refractivity contribution in [1.82, 2.24) is 0 Å². The van der Waals surface area contributed by atoms with E-state index in [0.29, 0.717) is 12.1 Å². The van der Waals surface area contributed by atoms with Crippen LogP contribution in [0.5, 0.6) is 0 Å². The predicted molar refractivity (Wildman–Crippen MR) is 138 cm³/mol. The Morgan fingerprint density at radius 3 is 1.74 bits per heavy atom. The van der Waals surface area contributed by atoms with Crippen molar-refractivity contribution in [3.05, 3.63) is 70.3 Å². The molecule has 0 aliphatic rings. The fourth-order valence-electron chi connectivity index (χ4n) is 4.04. The second-order valence-corrected chi connectivity index (χ2v) is 10.5. The van der Waals surface area contributed by atoms with Gasteiger partial charge < -0.3 is 14.4 Å². The number of nitrogens with zero attached hydrogens (tertiary/aromatic N) is 1. The Kier molecular flexibility index (Phi) is 11.2. The summed E-state index contributed by atoms with van der Waals surface area (Å²) in [6.07, 6.45) is 3.19. The molecule has 0 unspecified atom stereocenters. The molecule has 0 aromatic heterocycles. The first-order chi connectivity index (χ1) is 16.3. The van der Waals surface area contributed by atoms with Crippen LogP contribution in [0.3, 0.4) is 0 Å². The zero-order valence-electron chi connectivity index (χ0n) is 21.0. The molecular formula is C26H39N2O5P. The number of nitro benzene ring substituents is 1. The quantitative estimate of drug-likeness (QED) is 0.154. The van der Waals surface area contributed by atoms with Gasteiger partial charge in [-0.05, 0) is 49.8 Å². The Labute approximate surface area is 203 Å². The Morgan fingerprint density at radius 1 is 0.824 bits per heavy atom. The molecule has 34 heavy (non-hydrogen) atoms. The maximum Gasteiger partial charge on any atom is 0.353 e. The Balaban J connectivity index is 2.59. The van der Waals surface area contributed by atoms with Gasteiger partial charge in [0, 0.05) is 23.7 Å². The molecular weight excluding hydrogens is 451 g/mol. The van der Waals surface area contributed by atoms with E-state index in [1.165, 1.54) is 12.1 Å². The molecule has 0 bridgehead atoms. The molecule has 0 saturated carbocycles. The molecule has 2 atom stereocenters. The third-order valence-corrected chi connectivity index (χ3v) is 8.55. The van der Waals surface area contributed by atoms with Crippen LogP contribution < -0.4 is 5.32 Å². The van der Waals surface area contributed by atoms with Gasteiger partial charge in [0.15, 0.2) is 0 Å². The van der Waals surface area contributed by atoms with Gasteiger partial charge in [-0.25, -0.2) is 0 Å². The molecule has 0 amide bonds. The summed E-state index contributed by atoms with van der Waals surface area (Å²) in [4.78, 5) is 10.7. The summed E-state index contributed by atoms with van der Waals surface area (Å²) >= 11 is 0. The van der Waals surface area contributed by atoms with Crippen LogP contribution in [0.2, 0.25) is 0 Å². The van der Waals surface area contributed by atoms with Crippen molar-refractivity contribution in [3.63, 3.8) is 0 Å². The van der Waals surface area contributed by atoms with E-state index >= 15 is 0 Å². The molecule has 0 saturated heterocycles. The molecule has 0 aliphatic carbocycles. The van der Waals surface area contributed by atoms with E-state index in [4.69, 9.17) is 9.05 Å². The smallest absolute Gasteiger partial charge is 0.353 e. The van der Waals surface area contributed by atoms with E-state index in [9.17, 15) is 14.7 Å². The lowest BCUT2D eigenvalue weighted by Crippen LogP contribution is -2.32. The number of hydrogen-bond acceptors (Lipinski definition) is 6. The fourth-order valence-corrected chi connectivity index (χ4v) is 6.91. The highest BCUT2D eigenvalue weighted by Crippen LogP contribution is 2.60. The van der Waals surface area contributed by atoms with Crippen LogP contribution in [-0.2, 0) is 13.6 Å². The second kappa shape index (κ2) is 13.6. The van der Waals surface area contributed by atoms with Gasteiger partial charge in [0.2, 0.25) is 0 Å². The standard InChI is InChI=1S/C26H39N2O5P/c1-6-23(7-2)32-34(31,33-24(8-3)9-4)26(25(10-5)20-14-12-11-13-15-20)27-21-16-18-22(19-17-21)28(29)30/h11-19,23-27H,6-10H2,1-5H3/t25-,26-/m1/s1. The minimum absolute atomic E-state index is 0.00180. The SMILES string of the molecule is CCC(CC)OP(=O)(OC(CC)CC)[C@@H](Nc1ccc([N+](=O)[O-])cc1)[C@H](CC)c1ccccc1. The minimum atomic E-state index is -3.69. The van der Waals surface area contributed by atoms with Crippen molar-refractivity contribution in [2.75, 3.05) is 5.32 Å². The van der Waals surface area contributed by atoms with Crippen LogP contribution in [0.15, 0.2) is 54.6 Å². The van der Waals surface area contributed by atoms with Crippen LogP contribution in [0.4, 0.5) is 11.4 Å². The normalized spacial score (nSPS) is 13.7. The summed E-state index contributed by atoms with van der Waals surface area (Å²) in [6, 6.07) is 16.1. The number of nitrogens with one attached hydrogen (secondary N) is 1. The average Bonchev–Trinajstić information content (AvgIpc) is 2.86. The van der Waals surface area contributed by atoms with Crippen LogP contribution in [-0.4, -0.2) is 22.9 Å². The highest BCUT2D eigenvalue weighted by Gasteiger charge is 2.44. The number of nitro groups is 1. The van der Waals surface area contributed by atoms with Crippen molar-refractivity contribution in [2.24, 2.45) is 0 Å². The molecule has 0 aliphatic heterocycles. The van der Waals surface area contributed by atoms with E-state index in [0.717, 1.165) is 31.2 Å². The zero-order valence-corrected chi connectivity index (χ0v) is 21.9. The van der Waals surface area contributed by atoms with Gasteiger partial charge in [-0.1, -0.05) is 65.0 Å². The highest BCUT2D eigenvalue weighted by molar-refractivity contribution is 7.54. The first-order valence-corrected chi connectivity index (χ1v) is 13.9. The van der Waals surface area contributed by atoms with Crippen LogP contribution >= 0.6 is 7.60 Å². The summed E-state index contributed by atoms with van der Waals surface area (Å²) in [5.41, 5.74) is 1.67. The van der Waals surface area contributed by atoms with Crippen molar-refractivity contribution >= 4 is 19.0 Å². The minimum Gasteiger partial charge on any atom is -0.371 e. The third-order valence-electron chi connectivity index (χ3n) is 6.20. The van der Waals surface area contributed by atoms with E-state index in [-0.39, 0.29) is 23.8 Å². The molecule has 0 fully saturated rings. The fraction of sp³-hybridized carbons (Fsp3) is 0.538. The van der Waals surface area contributed by atoms with Gasteiger partial charge in [-0.2, -0.15) is 0 Å². The predicted octanol–water partition coefficient (Wildman–Crippen LogP) is 8.13. The molecule has 2 rings (SSSR count). The van der Waals surface area contributed by atoms with E-state index < -0.39 is 18.3 Å². The third kappa shape index (κ3) is 7.39. The summed E-state index contributed by atoms with van der Waals surface area (Å²) in [7, 11) is -3.69. The summed E-state index contributed by atoms with van der Waals surface area (Å²) in [6.45, 7) is 10.1. The zero-order chi connectivity index (χ0) is 25.1. The molecule has 0 spiro atoms. The lowest BCUT2D eigenvalue weighted by molar-refractivity contribution is -0.384. The van der Waals surface area contributed by atoms with E-state index in [2.05, 4.69) is 12.2 Å². The molecule has 0 heterocycles. The number of benzene rings is 2.